The van der Waals surface area contributed by atoms with E-state index in [1.54, 1.807) is 0 Å². The van der Waals surface area contributed by atoms with E-state index in [1.165, 1.54) is 16.7 Å². The van der Waals surface area contributed by atoms with Crippen molar-refractivity contribution in [2.45, 2.75) is 32.4 Å². The van der Waals surface area contributed by atoms with Crippen molar-refractivity contribution in [1.29, 1.82) is 0 Å². The van der Waals surface area contributed by atoms with Gasteiger partial charge in [0.2, 0.25) is 0 Å². The fourth-order valence-electron chi connectivity index (χ4n) is 3.66. The highest BCUT2D eigenvalue weighted by Gasteiger charge is 2.26. The predicted octanol–water partition coefficient (Wildman–Crippen LogP) is 2.44. The molecular formula is C21H32N6. The number of aryl methyl sites for hydroxylation is 1. The fraction of sp³-hybridized carbons (Fsp3) is 0.524. The summed E-state index contributed by atoms with van der Waals surface area (Å²) in [6.45, 7) is 6.70. The van der Waals surface area contributed by atoms with Gasteiger partial charge in [-0.2, -0.15) is 5.10 Å². The molecule has 2 aromatic rings. The van der Waals surface area contributed by atoms with Crippen LogP contribution >= 0.6 is 0 Å². The molecule has 1 unspecified atom stereocenters. The Hall–Kier alpha value is -2.34. The second kappa shape index (κ2) is 9.04. The third kappa shape index (κ3) is 5.32. The summed E-state index contributed by atoms with van der Waals surface area (Å²) in [4.78, 5) is 9.49. The highest BCUT2D eigenvalue weighted by molar-refractivity contribution is 5.80. The normalized spacial score (nSPS) is 17.7. The molecule has 0 saturated carbocycles. The van der Waals surface area contributed by atoms with Crippen molar-refractivity contribution >= 4 is 5.96 Å². The summed E-state index contributed by atoms with van der Waals surface area (Å²) < 4.78 is 1.89. The molecule has 27 heavy (non-hydrogen) atoms. The molecule has 6 heteroatoms. The Balaban J connectivity index is 1.66. The van der Waals surface area contributed by atoms with Gasteiger partial charge in [-0.25, -0.2) is 4.99 Å². The van der Waals surface area contributed by atoms with Crippen LogP contribution in [0.25, 0.3) is 0 Å². The monoisotopic (exact) mass is 368 g/mol. The Bertz CT molecular complexity index is 764. The van der Waals surface area contributed by atoms with Crippen molar-refractivity contribution in [3.63, 3.8) is 0 Å². The average molecular weight is 369 g/mol. The zero-order valence-electron chi connectivity index (χ0n) is 17.0. The maximum atomic E-state index is 4.92. The topological polar surface area (TPSA) is 48.7 Å². The van der Waals surface area contributed by atoms with Gasteiger partial charge in [0.15, 0.2) is 5.96 Å². The van der Waals surface area contributed by atoms with Crippen LogP contribution in [0.1, 0.15) is 36.0 Å². The number of aliphatic imine (C=N–C) groups is 1. The molecule has 1 atom stereocenters. The number of hydrogen-bond donors (Lipinski definition) is 1. The lowest BCUT2D eigenvalue weighted by Gasteiger charge is -2.21. The van der Waals surface area contributed by atoms with Crippen LogP contribution in [-0.2, 0) is 20.1 Å². The van der Waals surface area contributed by atoms with Crippen LogP contribution in [0, 0.1) is 0 Å². The molecule has 3 rings (SSSR count). The van der Waals surface area contributed by atoms with E-state index in [0.29, 0.717) is 12.5 Å². The Labute approximate surface area is 162 Å². The van der Waals surface area contributed by atoms with E-state index in [4.69, 9.17) is 4.99 Å². The zero-order valence-corrected chi connectivity index (χ0v) is 17.0. The van der Waals surface area contributed by atoms with E-state index in [-0.39, 0.29) is 0 Å². The molecule has 1 aromatic heterocycles. The lowest BCUT2D eigenvalue weighted by Crippen LogP contribution is -2.40. The standard InChI is InChI=1S/C21H32N6/c1-5-22-21(23-12-17-7-6-8-18(11-17)14-25(2)3)27-10-9-19(16-27)20-13-24-26(4)15-20/h6-8,11,13,15,19H,5,9-10,12,14,16H2,1-4H3,(H,22,23). The molecule has 0 aliphatic carbocycles. The molecule has 1 aliphatic heterocycles. The number of aromatic nitrogens is 2. The molecule has 1 N–H and O–H groups in total. The van der Waals surface area contributed by atoms with Gasteiger partial charge in [-0.3, -0.25) is 4.68 Å². The van der Waals surface area contributed by atoms with Crippen molar-refractivity contribution in [2.75, 3.05) is 33.7 Å². The maximum absolute atomic E-state index is 4.92. The molecule has 0 spiro atoms. The Morgan fingerprint density at radius 3 is 2.85 bits per heavy atom. The molecule has 0 bridgehead atoms. The van der Waals surface area contributed by atoms with Gasteiger partial charge in [0.05, 0.1) is 12.7 Å². The molecule has 2 heterocycles. The highest BCUT2D eigenvalue weighted by atomic mass is 15.3. The molecule has 146 valence electrons. The quantitative estimate of drug-likeness (QED) is 0.628. The van der Waals surface area contributed by atoms with Gasteiger partial charge in [0.1, 0.15) is 0 Å². The van der Waals surface area contributed by atoms with Gasteiger partial charge < -0.3 is 15.1 Å². The SMILES string of the molecule is CCNC(=NCc1cccc(CN(C)C)c1)N1CCC(c2cnn(C)c2)C1. The summed E-state index contributed by atoms with van der Waals surface area (Å²) in [7, 11) is 6.17. The second-order valence-corrected chi connectivity index (χ2v) is 7.61. The number of rotatable bonds is 6. The van der Waals surface area contributed by atoms with Crippen LogP contribution in [0.15, 0.2) is 41.7 Å². The van der Waals surface area contributed by atoms with Crippen LogP contribution < -0.4 is 5.32 Å². The van der Waals surface area contributed by atoms with Crippen molar-refractivity contribution < 1.29 is 0 Å². The lowest BCUT2D eigenvalue weighted by molar-refractivity contribution is 0.402. The molecule has 1 aliphatic rings. The summed E-state index contributed by atoms with van der Waals surface area (Å²) in [5.41, 5.74) is 3.91. The summed E-state index contributed by atoms with van der Waals surface area (Å²) in [5, 5.41) is 7.79. The molecule has 1 aromatic carbocycles. The van der Waals surface area contributed by atoms with Gasteiger partial charge in [-0.15, -0.1) is 0 Å². The predicted molar refractivity (Wildman–Crippen MR) is 111 cm³/mol. The van der Waals surface area contributed by atoms with Crippen molar-refractivity contribution in [1.82, 2.24) is 24.9 Å². The molecular weight excluding hydrogens is 336 g/mol. The first kappa shape index (κ1) is 19.4. The van der Waals surface area contributed by atoms with Crippen LogP contribution in [0.4, 0.5) is 0 Å². The van der Waals surface area contributed by atoms with E-state index >= 15 is 0 Å². The van der Waals surface area contributed by atoms with Crippen molar-refractivity contribution in [3.05, 3.63) is 53.3 Å². The van der Waals surface area contributed by atoms with Crippen molar-refractivity contribution in [2.24, 2.45) is 12.0 Å². The number of hydrogen-bond acceptors (Lipinski definition) is 3. The minimum absolute atomic E-state index is 0.533. The van der Waals surface area contributed by atoms with E-state index in [9.17, 15) is 0 Å². The van der Waals surface area contributed by atoms with Crippen LogP contribution in [-0.4, -0.2) is 59.3 Å². The largest absolute Gasteiger partial charge is 0.357 e. The van der Waals surface area contributed by atoms with Crippen molar-refractivity contribution in [3.8, 4) is 0 Å². The van der Waals surface area contributed by atoms with Gasteiger partial charge in [0, 0.05) is 45.3 Å². The van der Waals surface area contributed by atoms with E-state index in [1.807, 2.05) is 17.9 Å². The molecule has 6 nitrogen and oxygen atoms in total. The smallest absolute Gasteiger partial charge is 0.194 e. The Kier molecular flexibility index (Phi) is 6.50. The minimum Gasteiger partial charge on any atom is -0.357 e. The summed E-state index contributed by atoms with van der Waals surface area (Å²) in [6, 6.07) is 8.73. The van der Waals surface area contributed by atoms with Crippen LogP contribution in [0.3, 0.4) is 0 Å². The summed E-state index contributed by atoms with van der Waals surface area (Å²) in [6.07, 6.45) is 5.28. The molecule has 1 fully saturated rings. The maximum Gasteiger partial charge on any atom is 0.194 e. The van der Waals surface area contributed by atoms with Crippen LogP contribution in [0.2, 0.25) is 0 Å². The summed E-state index contributed by atoms with van der Waals surface area (Å²) in [5.74, 6) is 1.55. The van der Waals surface area contributed by atoms with Gasteiger partial charge >= 0.3 is 0 Å². The molecule has 0 amide bonds. The fourth-order valence-corrected chi connectivity index (χ4v) is 3.66. The zero-order chi connectivity index (χ0) is 19.2. The average Bonchev–Trinajstić information content (AvgIpc) is 3.27. The first-order chi connectivity index (χ1) is 13.0. The second-order valence-electron chi connectivity index (χ2n) is 7.61. The molecule has 1 saturated heterocycles. The van der Waals surface area contributed by atoms with E-state index in [2.05, 4.69) is 71.7 Å². The third-order valence-corrected chi connectivity index (χ3v) is 4.92. The van der Waals surface area contributed by atoms with Gasteiger partial charge in [-0.05, 0) is 44.1 Å². The Morgan fingerprint density at radius 2 is 2.15 bits per heavy atom. The number of guanidine groups is 1. The molecule has 0 radical (unpaired) electrons. The number of likely N-dealkylation sites (tertiary alicyclic amines) is 1. The van der Waals surface area contributed by atoms with E-state index in [0.717, 1.165) is 38.6 Å². The highest BCUT2D eigenvalue weighted by Crippen LogP contribution is 2.26. The van der Waals surface area contributed by atoms with Gasteiger partial charge in [-0.1, -0.05) is 24.3 Å². The number of nitrogens with one attached hydrogen (secondary N) is 1. The first-order valence-corrected chi connectivity index (χ1v) is 9.79. The lowest BCUT2D eigenvalue weighted by atomic mass is 10.0. The van der Waals surface area contributed by atoms with E-state index < -0.39 is 0 Å². The third-order valence-electron chi connectivity index (χ3n) is 4.92. The first-order valence-electron chi connectivity index (χ1n) is 9.79. The minimum atomic E-state index is 0.533. The van der Waals surface area contributed by atoms with Crippen LogP contribution in [0.5, 0.6) is 0 Å². The Morgan fingerprint density at radius 1 is 1.33 bits per heavy atom. The number of benzene rings is 1. The summed E-state index contributed by atoms with van der Waals surface area (Å²) >= 11 is 0. The number of nitrogens with zero attached hydrogens (tertiary/aromatic N) is 5. The van der Waals surface area contributed by atoms with Gasteiger partial charge in [0.25, 0.3) is 0 Å².